The fourth-order valence-corrected chi connectivity index (χ4v) is 4.31. The van der Waals surface area contributed by atoms with Crippen LogP contribution in [-0.4, -0.2) is 51.5 Å². The Labute approximate surface area is 260 Å². The minimum absolute atomic E-state index is 0.0108. The van der Waals surface area contributed by atoms with E-state index in [1.807, 2.05) is 0 Å². The standard InChI is InChI=1S/C18H15FN4O3.C12H9ClFN3O2/c19-14-10-20-18(22-11-2-1-3-13(24)8-11)23-17(14)21-12-4-5-15-16(9-12)26-7-6-25-15;13-12-15-6-8(14)11(17-12)16-7-1-2-9-10(5-7)19-4-3-18-9/h1-5,8-10,24H,6-7H2,(H2,20,21,22,23);1-2,5-6H,3-4H2,(H,15,16,17). The first kappa shape index (κ1) is 29.4. The largest absolute Gasteiger partial charge is 0.508 e. The summed E-state index contributed by atoms with van der Waals surface area (Å²) in [5.41, 5.74) is 1.81. The quantitative estimate of drug-likeness (QED) is 0.154. The summed E-state index contributed by atoms with van der Waals surface area (Å²) >= 11 is 5.62. The SMILES string of the molecule is Fc1cnc(Cl)nc1Nc1ccc2c(c1)OCCO2.Oc1cccc(Nc2ncc(F)c(Nc3ccc4c(c3)OCCO4)n2)c1. The van der Waals surface area contributed by atoms with Crippen LogP contribution in [0.5, 0.6) is 28.7 Å². The van der Waals surface area contributed by atoms with E-state index in [1.165, 1.54) is 6.07 Å². The molecule has 4 N–H and O–H groups in total. The minimum atomic E-state index is -0.596. The smallest absolute Gasteiger partial charge is 0.229 e. The number of aromatic nitrogens is 4. The lowest BCUT2D eigenvalue weighted by molar-refractivity contribution is 0.171. The molecule has 45 heavy (non-hydrogen) atoms. The van der Waals surface area contributed by atoms with Gasteiger partial charge in [-0.3, -0.25) is 0 Å². The Bertz CT molecular complexity index is 1830. The van der Waals surface area contributed by atoms with E-state index in [1.54, 1.807) is 54.6 Å². The van der Waals surface area contributed by atoms with Gasteiger partial charge >= 0.3 is 0 Å². The Morgan fingerprint density at radius 1 is 0.622 bits per heavy atom. The Balaban J connectivity index is 0.000000167. The monoisotopic (exact) mass is 635 g/mol. The van der Waals surface area contributed by atoms with E-state index in [9.17, 15) is 13.9 Å². The third-order valence-corrected chi connectivity index (χ3v) is 6.35. The summed E-state index contributed by atoms with van der Waals surface area (Å²) in [6, 6.07) is 16.9. The highest BCUT2D eigenvalue weighted by molar-refractivity contribution is 6.28. The van der Waals surface area contributed by atoms with Crippen LogP contribution in [0.4, 0.5) is 43.4 Å². The number of rotatable bonds is 6. The number of hydrogen-bond donors (Lipinski definition) is 4. The van der Waals surface area contributed by atoms with Gasteiger partial charge in [0.1, 0.15) is 32.2 Å². The third kappa shape index (κ3) is 7.48. The molecule has 0 saturated heterocycles. The van der Waals surface area contributed by atoms with Crippen LogP contribution < -0.4 is 34.9 Å². The fraction of sp³-hybridized carbons (Fsp3) is 0.133. The van der Waals surface area contributed by atoms with Gasteiger partial charge in [0.2, 0.25) is 11.2 Å². The molecule has 0 bridgehead atoms. The molecule has 5 aromatic rings. The van der Waals surface area contributed by atoms with Gasteiger partial charge in [-0.25, -0.2) is 18.7 Å². The zero-order chi connectivity index (χ0) is 31.2. The summed E-state index contributed by atoms with van der Waals surface area (Å²) in [5, 5.41) is 18.1. The van der Waals surface area contributed by atoms with Crippen LogP contribution in [0.25, 0.3) is 0 Å². The molecule has 230 valence electrons. The number of benzene rings is 3. The lowest BCUT2D eigenvalue weighted by atomic mass is 10.2. The summed E-state index contributed by atoms with van der Waals surface area (Å²) in [5.74, 6) is 1.65. The molecule has 2 aromatic heterocycles. The predicted molar refractivity (Wildman–Crippen MR) is 162 cm³/mol. The fourth-order valence-electron chi connectivity index (χ4n) is 4.18. The number of anilines is 6. The molecule has 3 aromatic carbocycles. The number of halogens is 3. The zero-order valence-corrected chi connectivity index (χ0v) is 24.0. The van der Waals surface area contributed by atoms with Gasteiger partial charge in [0.15, 0.2) is 46.3 Å². The summed E-state index contributed by atoms with van der Waals surface area (Å²) in [6.07, 6.45) is 2.08. The second-order valence-electron chi connectivity index (χ2n) is 9.37. The van der Waals surface area contributed by atoms with Gasteiger partial charge < -0.3 is 40.0 Å². The number of fused-ring (bicyclic) bond motifs is 2. The first-order valence-electron chi connectivity index (χ1n) is 13.5. The van der Waals surface area contributed by atoms with Crippen LogP contribution in [0.3, 0.4) is 0 Å². The van der Waals surface area contributed by atoms with Crippen molar-refractivity contribution >= 4 is 46.2 Å². The Hall–Kier alpha value is -5.63. The van der Waals surface area contributed by atoms with Gasteiger partial charge in [0.25, 0.3) is 0 Å². The van der Waals surface area contributed by atoms with Gasteiger partial charge in [0, 0.05) is 35.3 Å². The van der Waals surface area contributed by atoms with Crippen LogP contribution in [0.1, 0.15) is 0 Å². The van der Waals surface area contributed by atoms with Gasteiger partial charge in [-0.05, 0) is 48.0 Å². The molecule has 0 spiro atoms. The summed E-state index contributed by atoms with van der Waals surface area (Å²) in [6.45, 7) is 1.99. The molecule has 0 fully saturated rings. The maximum Gasteiger partial charge on any atom is 0.229 e. The highest BCUT2D eigenvalue weighted by Crippen LogP contribution is 2.35. The molecular weight excluding hydrogens is 612 g/mol. The highest BCUT2D eigenvalue weighted by atomic mass is 35.5. The number of aromatic hydroxyl groups is 1. The van der Waals surface area contributed by atoms with Crippen molar-refractivity contribution < 1.29 is 32.8 Å². The molecule has 0 saturated carbocycles. The van der Waals surface area contributed by atoms with E-state index in [4.69, 9.17) is 30.5 Å². The van der Waals surface area contributed by atoms with Crippen molar-refractivity contribution in [3.8, 4) is 28.7 Å². The number of nitrogens with one attached hydrogen (secondary N) is 3. The van der Waals surface area contributed by atoms with Crippen molar-refractivity contribution in [2.75, 3.05) is 42.4 Å². The number of hydrogen-bond acceptors (Lipinski definition) is 12. The minimum Gasteiger partial charge on any atom is -0.508 e. The molecule has 4 heterocycles. The third-order valence-electron chi connectivity index (χ3n) is 6.17. The topological polar surface area (TPSA) is 145 Å². The predicted octanol–water partition coefficient (Wildman–Crippen LogP) is 6.36. The van der Waals surface area contributed by atoms with E-state index >= 15 is 0 Å². The Morgan fingerprint density at radius 2 is 1.16 bits per heavy atom. The maximum atomic E-state index is 14.1. The van der Waals surface area contributed by atoms with Crippen molar-refractivity contribution in [2.45, 2.75) is 0 Å². The number of ether oxygens (including phenoxy) is 4. The van der Waals surface area contributed by atoms with Crippen molar-refractivity contribution in [3.05, 3.63) is 90.0 Å². The van der Waals surface area contributed by atoms with Gasteiger partial charge in [0.05, 0.1) is 12.4 Å². The van der Waals surface area contributed by atoms with Crippen molar-refractivity contribution in [1.82, 2.24) is 19.9 Å². The highest BCUT2D eigenvalue weighted by Gasteiger charge is 2.15. The molecule has 2 aliphatic rings. The molecule has 15 heteroatoms. The average molecular weight is 636 g/mol. The van der Waals surface area contributed by atoms with E-state index in [0.717, 1.165) is 12.4 Å². The van der Waals surface area contributed by atoms with Crippen molar-refractivity contribution in [1.29, 1.82) is 0 Å². The van der Waals surface area contributed by atoms with Crippen LogP contribution >= 0.6 is 11.6 Å². The van der Waals surface area contributed by atoms with Gasteiger partial charge in [-0.15, -0.1) is 0 Å². The molecule has 0 atom stereocenters. The number of phenols is 1. The van der Waals surface area contributed by atoms with Gasteiger partial charge in [-0.2, -0.15) is 9.97 Å². The number of phenolic OH excluding ortho intramolecular Hbond substituents is 1. The molecule has 7 rings (SSSR count). The Kier molecular flexibility index (Phi) is 8.73. The Morgan fingerprint density at radius 3 is 1.76 bits per heavy atom. The molecule has 0 amide bonds. The molecule has 0 aliphatic carbocycles. The van der Waals surface area contributed by atoms with E-state index < -0.39 is 11.6 Å². The van der Waals surface area contributed by atoms with E-state index in [2.05, 4.69) is 35.9 Å². The summed E-state index contributed by atoms with van der Waals surface area (Å²) in [7, 11) is 0. The maximum absolute atomic E-state index is 14.1. The molecular formula is C30H24ClF2N7O5. The normalized spacial score (nSPS) is 12.8. The van der Waals surface area contributed by atoms with E-state index in [-0.39, 0.29) is 28.6 Å². The number of nitrogens with zero attached hydrogens (tertiary/aromatic N) is 4. The van der Waals surface area contributed by atoms with E-state index in [0.29, 0.717) is 66.5 Å². The second kappa shape index (κ2) is 13.3. The first-order valence-corrected chi connectivity index (χ1v) is 13.9. The zero-order valence-electron chi connectivity index (χ0n) is 23.3. The summed E-state index contributed by atoms with van der Waals surface area (Å²) < 4.78 is 49.4. The van der Waals surface area contributed by atoms with Crippen LogP contribution in [0.15, 0.2) is 73.1 Å². The first-order chi connectivity index (χ1) is 21.9. The van der Waals surface area contributed by atoms with Crippen LogP contribution in [-0.2, 0) is 0 Å². The molecule has 12 nitrogen and oxygen atoms in total. The van der Waals surface area contributed by atoms with Gasteiger partial charge in [-0.1, -0.05) is 6.07 Å². The second-order valence-corrected chi connectivity index (χ2v) is 9.71. The average Bonchev–Trinajstić information content (AvgIpc) is 3.05. The lowest BCUT2D eigenvalue weighted by Crippen LogP contribution is -2.15. The molecule has 0 unspecified atom stereocenters. The van der Waals surface area contributed by atoms with Crippen LogP contribution in [0, 0.1) is 11.6 Å². The van der Waals surface area contributed by atoms with Crippen LogP contribution in [0.2, 0.25) is 5.28 Å². The van der Waals surface area contributed by atoms with Crippen molar-refractivity contribution in [2.24, 2.45) is 0 Å². The van der Waals surface area contributed by atoms with Crippen molar-refractivity contribution in [3.63, 3.8) is 0 Å². The lowest BCUT2D eigenvalue weighted by Gasteiger charge is -2.19. The summed E-state index contributed by atoms with van der Waals surface area (Å²) in [4.78, 5) is 15.4. The molecule has 0 radical (unpaired) electrons. The molecule has 2 aliphatic heterocycles.